The molecule has 0 spiro atoms. The Bertz CT molecular complexity index is 326. The smallest absolute Gasteiger partial charge is 0.0507 e. The number of hydrogen-bond donors (Lipinski definition) is 0. The van der Waals surface area contributed by atoms with Crippen molar-refractivity contribution in [3.63, 3.8) is 0 Å². The van der Waals surface area contributed by atoms with E-state index in [9.17, 15) is 0 Å². The Balaban J connectivity index is 2.32. The highest BCUT2D eigenvalue weighted by atomic mass is 35.5. The third kappa shape index (κ3) is 4.73. The maximum atomic E-state index is 6.06. The van der Waals surface area contributed by atoms with Crippen LogP contribution in [0, 0.1) is 5.92 Å². The van der Waals surface area contributed by atoms with Crippen molar-refractivity contribution in [1.82, 2.24) is 0 Å². The molecule has 1 rings (SSSR count). The molecule has 0 heterocycles. The Morgan fingerprint density at radius 3 is 2.69 bits per heavy atom. The SMILES string of the molecule is CCC(C)COCCc1ccc(Cl)cc1Cl. The summed E-state index contributed by atoms with van der Waals surface area (Å²) < 4.78 is 5.58. The second kappa shape index (κ2) is 7.16. The van der Waals surface area contributed by atoms with Gasteiger partial charge in [-0.1, -0.05) is 49.5 Å². The second-order valence-electron chi connectivity index (χ2n) is 4.07. The highest BCUT2D eigenvalue weighted by molar-refractivity contribution is 6.35. The first-order chi connectivity index (χ1) is 7.63. The minimum atomic E-state index is 0.626. The van der Waals surface area contributed by atoms with E-state index >= 15 is 0 Å². The van der Waals surface area contributed by atoms with Gasteiger partial charge in [0.2, 0.25) is 0 Å². The lowest BCUT2D eigenvalue weighted by atomic mass is 10.1. The van der Waals surface area contributed by atoms with Crippen LogP contribution < -0.4 is 0 Å². The molecule has 16 heavy (non-hydrogen) atoms. The van der Waals surface area contributed by atoms with Gasteiger partial charge in [0.15, 0.2) is 0 Å². The highest BCUT2D eigenvalue weighted by Gasteiger charge is 2.02. The van der Waals surface area contributed by atoms with Crippen LogP contribution in [0.1, 0.15) is 25.8 Å². The Kier molecular flexibility index (Phi) is 6.18. The van der Waals surface area contributed by atoms with Gasteiger partial charge in [0.05, 0.1) is 6.61 Å². The first-order valence-corrected chi connectivity index (χ1v) is 6.40. The fourth-order valence-electron chi connectivity index (χ4n) is 1.31. The van der Waals surface area contributed by atoms with Gasteiger partial charge < -0.3 is 4.74 Å². The average molecular weight is 261 g/mol. The molecule has 90 valence electrons. The number of halogens is 2. The van der Waals surface area contributed by atoms with Crippen molar-refractivity contribution in [3.8, 4) is 0 Å². The molecule has 3 heteroatoms. The third-order valence-electron chi connectivity index (χ3n) is 2.63. The number of ether oxygens (including phenoxy) is 1. The van der Waals surface area contributed by atoms with Crippen LogP contribution in [0.5, 0.6) is 0 Å². The second-order valence-corrected chi connectivity index (χ2v) is 4.92. The first kappa shape index (κ1) is 13.8. The molecule has 0 saturated heterocycles. The fourth-order valence-corrected chi connectivity index (χ4v) is 1.81. The fraction of sp³-hybridized carbons (Fsp3) is 0.538. The zero-order chi connectivity index (χ0) is 12.0. The quantitative estimate of drug-likeness (QED) is 0.680. The zero-order valence-electron chi connectivity index (χ0n) is 9.80. The van der Waals surface area contributed by atoms with E-state index < -0.39 is 0 Å². The Hall–Kier alpha value is -0.240. The summed E-state index contributed by atoms with van der Waals surface area (Å²) >= 11 is 11.9. The monoisotopic (exact) mass is 260 g/mol. The van der Waals surface area contributed by atoms with Gasteiger partial charge >= 0.3 is 0 Å². The van der Waals surface area contributed by atoms with Crippen molar-refractivity contribution in [3.05, 3.63) is 33.8 Å². The summed E-state index contributed by atoms with van der Waals surface area (Å²) in [6, 6.07) is 5.59. The van der Waals surface area contributed by atoms with Gasteiger partial charge in [0.1, 0.15) is 0 Å². The van der Waals surface area contributed by atoms with Gasteiger partial charge in [0.25, 0.3) is 0 Å². The van der Waals surface area contributed by atoms with E-state index in [0.717, 1.165) is 30.0 Å². The molecule has 0 amide bonds. The molecule has 0 radical (unpaired) electrons. The zero-order valence-corrected chi connectivity index (χ0v) is 11.3. The van der Waals surface area contributed by atoms with E-state index in [1.807, 2.05) is 12.1 Å². The van der Waals surface area contributed by atoms with Gasteiger partial charge in [-0.05, 0) is 30.0 Å². The minimum Gasteiger partial charge on any atom is -0.381 e. The van der Waals surface area contributed by atoms with E-state index in [1.165, 1.54) is 0 Å². The number of benzene rings is 1. The molecule has 1 unspecified atom stereocenters. The van der Waals surface area contributed by atoms with Gasteiger partial charge in [-0.3, -0.25) is 0 Å². The lowest BCUT2D eigenvalue weighted by Gasteiger charge is -2.10. The van der Waals surface area contributed by atoms with E-state index in [4.69, 9.17) is 27.9 Å². The number of rotatable bonds is 6. The molecule has 0 bridgehead atoms. The van der Waals surface area contributed by atoms with Crippen LogP contribution in [0.15, 0.2) is 18.2 Å². The van der Waals surface area contributed by atoms with E-state index in [0.29, 0.717) is 17.5 Å². The normalized spacial score (nSPS) is 12.8. The van der Waals surface area contributed by atoms with Crippen molar-refractivity contribution < 1.29 is 4.74 Å². The summed E-state index contributed by atoms with van der Waals surface area (Å²) in [7, 11) is 0. The first-order valence-electron chi connectivity index (χ1n) is 5.65. The van der Waals surface area contributed by atoms with Crippen molar-refractivity contribution in [2.75, 3.05) is 13.2 Å². The van der Waals surface area contributed by atoms with Gasteiger partial charge in [-0.15, -0.1) is 0 Å². The molecule has 1 aromatic carbocycles. The van der Waals surface area contributed by atoms with Crippen LogP contribution in [-0.4, -0.2) is 13.2 Å². The molecular weight excluding hydrogens is 243 g/mol. The van der Waals surface area contributed by atoms with E-state index in [-0.39, 0.29) is 0 Å². The van der Waals surface area contributed by atoms with Crippen LogP contribution in [-0.2, 0) is 11.2 Å². The third-order valence-corrected chi connectivity index (χ3v) is 3.22. The maximum absolute atomic E-state index is 6.06. The molecule has 0 fully saturated rings. The van der Waals surface area contributed by atoms with E-state index in [1.54, 1.807) is 6.07 Å². The topological polar surface area (TPSA) is 9.23 Å². The standard InChI is InChI=1S/C13H18Cl2O/c1-3-10(2)9-16-7-6-11-4-5-12(14)8-13(11)15/h4-5,8,10H,3,6-7,9H2,1-2H3. The molecular formula is C13H18Cl2O. The van der Waals surface area contributed by atoms with E-state index in [2.05, 4.69) is 13.8 Å². The molecule has 0 aliphatic heterocycles. The van der Waals surface area contributed by atoms with Crippen LogP contribution in [0.3, 0.4) is 0 Å². The summed E-state index contributed by atoms with van der Waals surface area (Å²) in [5, 5.41) is 1.40. The van der Waals surface area contributed by atoms with Crippen molar-refractivity contribution in [2.24, 2.45) is 5.92 Å². The predicted octanol–water partition coefficient (Wildman–Crippen LogP) is 4.60. The lowest BCUT2D eigenvalue weighted by Crippen LogP contribution is -2.07. The molecule has 0 saturated carbocycles. The predicted molar refractivity (Wildman–Crippen MR) is 70.4 cm³/mol. The van der Waals surface area contributed by atoms with Crippen LogP contribution in [0.2, 0.25) is 10.0 Å². The molecule has 0 aliphatic rings. The Morgan fingerprint density at radius 2 is 2.06 bits per heavy atom. The molecule has 0 aromatic heterocycles. The van der Waals surface area contributed by atoms with Gasteiger partial charge in [-0.2, -0.15) is 0 Å². The number of hydrogen-bond acceptors (Lipinski definition) is 1. The minimum absolute atomic E-state index is 0.626. The lowest BCUT2D eigenvalue weighted by molar-refractivity contribution is 0.106. The van der Waals surface area contributed by atoms with Crippen molar-refractivity contribution in [2.45, 2.75) is 26.7 Å². The molecule has 1 aromatic rings. The maximum Gasteiger partial charge on any atom is 0.0507 e. The molecule has 0 N–H and O–H groups in total. The summed E-state index contributed by atoms with van der Waals surface area (Å²) in [5.74, 6) is 0.626. The summed E-state index contributed by atoms with van der Waals surface area (Å²) in [5.41, 5.74) is 1.09. The summed E-state index contributed by atoms with van der Waals surface area (Å²) in [4.78, 5) is 0. The average Bonchev–Trinajstić information content (AvgIpc) is 2.26. The van der Waals surface area contributed by atoms with Gasteiger partial charge in [0, 0.05) is 16.7 Å². The summed E-state index contributed by atoms with van der Waals surface area (Å²) in [6.07, 6.45) is 1.99. The van der Waals surface area contributed by atoms with Crippen molar-refractivity contribution >= 4 is 23.2 Å². The van der Waals surface area contributed by atoms with Crippen LogP contribution in [0.4, 0.5) is 0 Å². The Labute approximate surface area is 108 Å². The highest BCUT2D eigenvalue weighted by Crippen LogP contribution is 2.21. The Morgan fingerprint density at radius 1 is 1.31 bits per heavy atom. The van der Waals surface area contributed by atoms with Crippen LogP contribution in [0.25, 0.3) is 0 Å². The largest absolute Gasteiger partial charge is 0.381 e. The molecule has 1 atom stereocenters. The van der Waals surface area contributed by atoms with Crippen molar-refractivity contribution in [1.29, 1.82) is 0 Å². The molecule has 0 aliphatic carbocycles. The summed E-state index contributed by atoms with van der Waals surface area (Å²) in [6.45, 7) is 5.90. The van der Waals surface area contributed by atoms with Crippen LogP contribution >= 0.6 is 23.2 Å². The van der Waals surface area contributed by atoms with Gasteiger partial charge in [-0.25, -0.2) is 0 Å². The molecule has 1 nitrogen and oxygen atoms in total.